The number of anilines is 1. The predicted octanol–water partition coefficient (Wildman–Crippen LogP) is 2.43. The number of carbonyl (C=O) groups is 2. The lowest BCUT2D eigenvalue weighted by molar-refractivity contribution is -0.155. The largest absolute Gasteiger partial charge is 0.416 e. The number of rotatable bonds is 3. The number of alkyl halides is 3. The second kappa shape index (κ2) is 7.35. The molecule has 0 atom stereocenters. The topological polar surface area (TPSA) is 76.4 Å². The fourth-order valence-corrected chi connectivity index (χ4v) is 3.81. The normalized spacial score (nSPS) is 18.2. The average molecular weight is 432 g/mol. The van der Waals surface area contributed by atoms with Crippen LogP contribution in [-0.2, 0) is 22.3 Å². The molecule has 4 rings (SSSR count). The quantitative estimate of drug-likeness (QED) is 0.756. The summed E-state index contributed by atoms with van der Waals surface area (Å²) in [4.78, 5) is 28.6. The third-order valence-electron chi connectivity index (χ3n) is 5.58. The molecule has 160 valence electrons. The third kappa shape index (κ3) is 3.51. The number of carbonyl (C=O) groups excluding carboxylic acids is 2. The molecular weight excluding hydrogens is 416 g/mol. The summed E-state index contributed by atoms with van der Waals surface area (Å²) in [6.45, 7) is -0.169. The van der Waals surface area contributed by atoms with Gasteiger partial charge in [0.1, 0.15) is 17.9 Å². The zero-order valence-corrected chi connectivity index (χ0v) is 16.0. The third-order valence-corrected chi connectivity index (χ3v) is 5.58. The molecule has 2 aliphatic heterocycles. The molecule has 1 N–H and O–H groups in total. The van der Waals surface area contributed by atoms with Crippen LogP contribution in [0.3, 0.4) is 0 Å². The SMILES string of the molecule is N#Cc1ccc(N2CC(=O)N(Cc3ccc(C(F)(F)F)cc3)C3(CNC3)C2=O)c(F)c1. The Bertz CT molecular complexity index is 1090. The van der Waals surface area contributed by atoms with Gasteiger partial charge in [0.05, 0.1) is 22.9 Å². The molecule has 2 aromatic rings. The molecule has 0 bridgehead atoms. The van der Waals surface area contributed by atoms with Gasteiger partial charge in [-0.25, -0.2) is 4.39 Å². The van der Waals surface area contributed by atoms with Crippen LogP contribution in [0.4, 0.5) is 23.2 Å². The van der Waals surface area contributed by atoms with Crippen LogP contribution < -0.4 is 10.2 Å². The van der Waals surface area contributed by atoms with Crippen LogP contribution in [0.15, 0.2) is 42.5 Å². The standard InChI is InChI=1S/C21H16F4N4O2/c22-16-7-14(8-26)3-6-17(16)28-10-18(30)29(20(19(28)31)11-27-12-20)9-13-1-4-15(5-2-13)21(23,24)25/h1-7,27H,9-12H2. The lowest BCUT2D eigenvalue weighted by Gasteiger charge is -2.54. The first-order valence-electron chi connectivity index (χ1n) is 9.35. The zero-order chi connectivity index (χ0) is 22.4. The maximum atomic E-state index is 14.5. The van der Waals surface area contributed by atoms with E-state index in [-0.39, 0.29) is 30.9 Å². The fraction of sp³-hybridized carbons (Fsp3) is 0.286. The highest BCUT2D eigenvalue weighted by Gasteiger charge is 2.56. The first-order valence-corrected chi connectivity index (χ1v) is 9.35. The summed E-state index contributed by atoms with van der Waals surface area (Å²) < 4.78 is 52.9. The Morgan fingerprint density at radius 2 is 1.77 bits per heavy atom. The molecule has 0 unspecified atom stereocenters. The molecule has 2 aliphatic rings. The molecule has 31 heavy (non-hydrogen) atoms. The molecular formula is C21H16F4N4O2. The van der Waals surface area contributed by atoms with Crippen molar-refractivity contribution in [2.75, 3.05) is 24.5 Å². The number of nitrogens with one attached hydrogen (secondary N) is 1. The summed E-state index contributed by atoms with van der Waals surface area (Å²) in [6.07, 6.45) is -4.47. The molecule has 6 nitrogen and oxygen atoms in total. The molecule has 2 fully saturated rings. The van der Waals surface area contributed by atoms with Gasteiger partial charge < -0.3 is 10.2 Å². The van der Waals surface area contributed by atoms with E-state index < -0.39 is 41.5 Å². The van der Waals surface area contributed by atoms with Crippen molar-refractivity contribution in [3.63, 3.8) is 0 Å². The molecule has 2 saturated heterocycles. The molecule has 0 radical (unpaired) electrons. The number of hydrogen-bond acceptors (Lipinski definition) is 4. The number of piperazine rings is 1. The number of nitrogens with zero attached hydrogens (tertiary/aromatic N) is 3. The van der Waals surface area contributed by atoms with Gasteiger partial charge in [0, 0.05) is 19.6 Å². The van der Waals surface area contributed by atoms with Crippen LogP contribution in [0.2, 0.25) is 0 Å². The van der Waals surface area contributed by atoms with Gasteiger partial charge in [0.2, 0.25) is 5.91 Å². The van der Waals surface area contributed by atoms with Gasteiger partial charge in [-0.05, 0) is 35.9 Å². The van der Waals surface area contributed by atoms with Crippen molar-refractivity contribution in [1.82, 2.24) is 10.2 Å². The van der Waals surface area contributed by atoms with E-state index in [0.717, 1.165) is 23.1 Å². The van der Waals surface area contributed by atoms with Crippen molar-refractivity contribution in [3.8, 4) is 6.07 Å². The van der Waals surface area contributed by atoms with Crippen molar-refractivity contribution in [3.05, 3.63) is 65.0 Å². The second-order valence-corrected chi connectivity index (χ2v) is 7.48. The number of nitriles is 1. The summed E-state index contributed by atoms with van der Waals surface area (Å²) in [5.41, 5.74) is -1.63. The molecule has 2 amide bonds. The summed E-state index contributed by atoms with van der Waals surface area (Å²) in [7, 11) is 0. The highest BCUT2D eigenvalue weighted by atomic mass is 19.4. The lowest BCUT2D eigenvalue weighted by Crippen LogP contribution is -2.80. The Balaban J connectivity index is 1.62. The zero-order valence-electron chi connectivity index (χ0n) is 16.0. The number of halogens is 4. The van der Waals surface area contributed by atoms with E-state index in [1.807, 2.05) is 0 Å². The van der Waals surface area contributed by atoms with Crippen molar-refractivity contribution >= 4 is 17.5 Å². The number of amides is 2. The summed E-state index contributed by atoms with van der Waals surface area (Å²) in [5, 5.41) is 11.8. The minimum absolute atomic E-state index is 0.0475. The second-order valence-electron chi connectivity index (χ2n) is 7.48. The Kier molecular flexibility index (Phi) is 4.94. The average Bonchev–Trinajstić information content (AvgIpc) is 2.69. The molecule has 2 aromatic carbocycles. The maximum Gasteiger partial charge on any atom is 0.416 e. The van der Waals surface area contributed by atoms with Crippen molar-refractivity contribution in [1.29, 1.82) is 5.26 Å². The monoisotopic (exact) mass is 432 g/mol. The van der Waals surface area contributed by atoms with Crippen LogP contribution in [-0.4, -0.2) is 41.9 Å². The van der Waals surface area contributed by atoms with Crippen LogP contribution in [0.1, 0.15) is 16.7 Å². The van der Waals surface area contributed by atoms with Gasteiger partial charge in [-0.2, -0.15) is 18.4 Å². The summed E-state index contributed by atoms with van der Waals surface area (Å²) in [5.74, 6) is -1.73. The Labute approximate surface area is 174 Å². The van der Waals surface area contributed by atoms with E-state index in [0.29, 0.717) is 5.56 Å². The first-order chi connectivity index (χ1) is 14.7. The van der Waals surface area contributed by atoms with Crippen LogP contribution >= 0.6 is 0 Å². The molecule has 0 saturated carbocycles. The Morgan fingerprint density at radius 1 is 1.10 bits per heavy atom. The van der Waals surface area contributed by atoms with Crippen LogP contribution in [0.5, 0.6) is 0 Å². The van der Waals surface area contributed by atoms with E-state index in [9.17, 15) is 27.2 Å². The van der Waals surface area contributed by atoms with Crippen molar-refractivity contribution in [2.24, 2.45) is 0 Å². The number of benzene rings is 2. The van der Waals surface area contributed by atoms with Gasteiger partial charge >= 0.3 is 6.18 Å². The lowest BCUT2D eigenvalue weighted by atomic mass is 9.85. The van der Waals surface area contributed by atoms with Gasteiger partial charge in [-0.15, -0.1) is 0 Å². The van der Waals surface area contributed by atoms with E-state index in [4.69, 9.17) is 5.26 Å². The smallest absolute Gasteiger partial charge is 0.320 e. The highest BCUT2D eigenvalue weighted by molar-refractivity contribution is 6.10. The van der Waals surface area contributed by atoms with E-state index in [1.54, 1.807) is 6.07 Å². The molecule has 1 spiro atoms. The summed E-state index contributed by atoms with van der Waals surface area (Å²) in [6, 6.07) is 9.83. The van der Waals surface area contributed by atoms with Crippen LogP contribution in [0.25, 0.3) is 0 Å². The summed E-state index contributed by atoms with van der Waals surface area (Å²) >= 11 is 0. The Morgan fingerprint density at radius 3 is 2.29 bits per heavy atom. The van der Waals surface area contributed by atoms with Gasteiger partial charge in [-0.1, -0.05) is 12.1 Å². The van der Waals surface area contributed by atoms with E-state index in [1.165, 1.54) is 29.2 Å². The van der Waals surface area contributed by atoms with E-state index in [2.05, 4.69) is 5.32 Å². The van der Waals surface area contributed by atoms with E-state index >= 15 is 0 Å². The molecule has 2 heterocycles. The number of hydrogen-bond donors (Lipinski definition) is 1. The molecule has 10 heteroatoms. The fourth-order valence-electron chi connectivity index (χ4n) is 3.81. The Hall–Kier alpha value is -3.45. The maximum absolute atomic E-state index is 14.5. The van der Waals surface area contributed by atoms with Crippen molar-refractivity contribution < 1.29 is 27.2 Å². The van der Waals surface area contributed by atoms with Gasteiger partial charge in [-0.3, -0.25) is 14.5 Å². The molecule has 0 aromatic heterocycles. The minimum Gasteiger partial charge on any atom is -0.320 e. The van der Waals surface area contributed by atoms with Gasteiger partial charge in [0.15, 0.2) is 0 Å². The first kappa shape index (κ1) is 20.8. The molecule has 0 aliphatic carbocycles. The van der Waals surface area contributed by atoms with Gasteiger partial charge in [0.25, 0.3) is 5.91 Å². The van der Waals surface area contributed by atoms with Crippen LogP contribution in [0, 0.1) is 17.1 Å². The van der Waals surface area contributed by atoms with Crippen molar-refractivity contribution in [2.45, 2.75) is 18.3 Å². The highest BCUT2D eigenvalue weighted by Crippen LogP contribution is 2.34. The predicted molar refractivity (Wildman–Crippen MR) is 101 cm³/mol. The minimum atomic E-state index is -4.47.